The highest BCUT2D eigenvalue weighted by Gasteiger charge is 2.19. The maximum absolute atomic E-state index is 11.8. The van der Waals surface area contributed by atoms with Crippen LogP contribution in [0.1, 0.15) is 25.5 Å². The molecule has 1 saturated heterocycles. The van der Waals surface area contributed by atoms with Crippen molar-refractivity contribution < 1.29 is 4.79 Å². The molecule has 1 aliphatic heterocycles. The molecule has 0 radical (unpaired) electrons. The first kappa shape index (κ1) is 14.3. The molecule has 0 aliphatic carbocycles. The van der Waals surface area contributed by atoms with Gasteiger partial charge in [-0.2, -0.15) is 0 Å². The van der Waals surface area contributed by atoms with Gasteiger partial charge in [-0.3, -0.25) is 9.78 Å². The van der Waals surface area contributed by atoms with Crippen molar-refractivity contribution in [1.29, 1.82) is 0 Å². The van der Waals surface area contributed by atoms with Gasteiger partial charge in [0.1, 0.15) is 0 Å². The number of piperidine rings is 1. The third-order valence-corrected chi connectivity index (χ3v) is 4.16. The predicted molar refractivity (Wildman–Crippen MR) is 79.0 cm³/mol. The van der Waals surface area contributed by atoms with Crippen LogP contribution in [0.2, 0.25) is 0 Å². The minimum Gasteiger partial charge on any atom is -0.353 e. The zero-order chi connectivity index (χ0) is 13.5. The molecule has 2 N–H and O–H groups in total. The zero-order valence-electron chi connectivity index (χ0n) is 11.3. The van der Waals surface area contributed by atoms with E-state index in [1.165, 1.54) is 0 Å². The second-order valence-corrected chi connectivity index (χ2v) is 5.94. The molecule has 0 bridgehead atoms. The molecular formula is C14H21N3OS. The fourth-order valence-electron chi connectivity index (χ4n) is 2.26. The number of nitrogens with one attached hydrogen (secondary N) is 2. The van der Waals surface area contributed by atoms with Crippen molar-refractivity contribution in [2.24, 2.45) is 0 Å². The first-order valence-corrected chi connectivity index (χ1v) is 7.90. The Balaban J connectivity index is 1.64. The molecule has 0 saturated carbocycles. The number of nitrogens with zero attached hydrogens (tertiary/aromatic N) is 1. The number of hydrogen-bond acceptors (Lipinski definition) is 4. The number of aromatic nitrogens is 1. The van der Waals surface area contributed by atoms with E-state index < -0.39 is 0 Å². The summed E-state index contributed by atoms with van der Waals surface area (Å²) in [4.78, 5) is 16.1. The summed E-state index contributed by atoms with van der Waals surface area (Å²) in [6, 6.07) is 6.69. The van der Waals surface area contributed by atoms with Gasteiger partial charge in [0.25, 0.3) is 0 Å². The van der Waals surface area contributed by atoms with Crippen LogP contribution in [-0.4, -0.2) is 35.3 Å². The lowest BCUT2D eigenvalue weighted by Gasteiger charge is -2.28. The van der Waals surface area contributed by atoms with Crippen LogP contribution in [0.15, 0.2) is 24.4 Å². The zero-order valence-corrected chi connectivity index (χ0v) is 12.1. The van der Waals surface area contributed by atoms with Crippen molar-refractivity contribution in [1.82, 2.24) is 15.6 Å². The molecule has 5 heteroatoms. The molecule has 2 rings (SSSR count). The average molecular weight is 279 g/mol. The molecular weight excluding hydrogens is 258 g/mol. The highest BCUT2D eigenvalue weighted by molar-refractivity contribution is 7.99. The number of carbonyl (C=O) groups is 1. The van der Waals surface area contributed by atoms with Gasteiger partial charge >= 0.3 is 0 Å². The molecule has 1 aromatic rings. The Labute approximate surface area is 118 Å². The molecule has 0 spiro atoms. The molecule has 2 unspecified atom stereocenters. The monoisotopic (exact) mass is 279 g/mol. The number of pyridine rings is 1. The van der Waals surface area contributed by atoms with Crippen LogP contribution in [0.3, 0.4) is 0 Å². The van der Waals surface area contributed by atoms with Crippen LogP contribution in [-0.2, 0) is 10.5 Å². The second kappa shape index (κ2) is 7.50. The summed E-state index contributed by atoms with van der Waals surface area (Å²) in [6.45, 7) is 3.15. The lowest BCUT2D eigenvalue weighted by atomic mass is 10.0. The molecule has 19 heavy (non-hydrogen) atoms. The summed E-state index contributed by atoms with van der Waals surface area (Å²) in [5.41, 5.74) is 1.02. The largest absolute Gasteiger partial charge is 0.353 e. The standard InChI is InChI=1S/C14H21N3OS/c1-11-8-12(5-7-15-11)17-14(18)10-19-9-13-4-2-3-6-16-13/h2-4,6,11-12,15H,5,7-10H2,1H3,(H,17,18). The summed E-state index contributed by atoms with van der Waals surface area (Å²) in [6.07, 6.45) is 3.84. The highest BCUT2D eigenvalue weighted by atomic mass is 32.2. The van der Waals surface area contributed by atoms with E-state index in [1.54, 1.807) is 18.0 Å². The minimum atomic E-state index is 0.139. The second-order valence-electron chi connectivity index (χ2n) is 4.96. The number of hydrogen-bond donors (Lipinski definition) is 2. The quantitative estimate of drug-likeness (QED) is 0.859. The van der Waals surface area contributed by atoms with Gasteiger partial charge in [0.05, 0.1) is 11.4 Å². The minimum absolute atomic E-state index is 0.139. The first-order chi connectivity index (χ1) is 9.24. The Morgan fingerprint density at radius 2 is 2.47 bits per heavy atom. The molecule has 1 fully saturated rings. The number of amides is 1. The van der Waals surface area contributed by atoms with E-state index in [-0.39, 0.29) is 5.91 Å². The molecule has 2 heterocycles. The van der Waals surface area contributed by atoms with Crippen molar-refractivity contribution in [3.05, 3.63) is 30.1 Å². The molecule has 1 aromatic heterocycles. The van der Waals surface area contributed by atoms with Gasteiger partial charge in [-0.1, -0.05) is 6.07 Å². The van der Waals surface area contributed by atoms with Crippen LogP contribution < -0.4 is 10.6 Å². The summed E-state index contributed by atoms with van der Waals surface area (Å²) >= 11 is 1.61. The third kappa shape index (κ3) is 5.20. The van der Waals surface area contributed by atoms with Crippen LogP contribution in [0.25, 0.3) is 0 Å². The third-order valence-electron chi connectivity index (χ3n) is 3.20. The Morgan fingerprint density at radius 3 is 3.21 bits per heavy atom. The van der Waals surface area contributed by atoms with Crippen LogP contribution in [0.5, 0.6) is 0 Å². The van der Waals surface area contributed by atoms with Crippen molar-refractivity contribution in [2.75, 3.05) is 12.3 Å². The summed E-state index contributed by atoms with van der Waals surface area (Å²) < 4.78 is 0. The van der Waals surface area contributed by atoms with Crippen molar-refractivity contribution in [3.63, 3.8) is 0 Å². The summed E-state index contributed by atoms with van der Waals surface area (Å²) in [7, 11) is 0. The average Bonchev–Trinajstić information content (AvgIpc) is 2.40. The van der Waals surface area contributed by atoms with E-state index in [2.05, 4.69) is 22.5 Å². The molecule has 2 atom stereocenters. The van der Waals surface area contributed by atoms with Crippen molar-refractivity contribution in [2.45, 2.75) is 37.6 Å². The maximum atomic E-state index is 11.8. The van der Waals surface area contributed by atoms with E-state index in [1.807, 2.05) is 18.2 Å². The smallest absolute Gasteiger partial charge is 0.230 e. The Kier molecular flexibility index (Phi) is 5.66. The fraction of sp³-hybridized carbons (Fsp3) is 0.571. The Hall–Kier alpha value is -1.07. The number of carbonyl (C=O) groups excluding carboxylic acids is 1. The van der Waals surface area contributed by atoms with Gasteiger partial charge < -0.3 is 10.6 Å². The molecule has 0 aromatic carbocycles. The van der Waals surface area contributed by atoms with Gasteiger partial charge in [-0.05, 0) is 38.4 Å². The van der Waals surface area contributed by atoms with E-state index in [0.29, 0.717) is 17.8 Å². The van der Waals surface area contributed by atoms with Crippen LogP contribution in [0, 0.1) is 0 Å². The topological polar surface area (TPSA) is 54.0 Å². The number of thioether (sulfide) groups is 1. The van der Waals surface area contributed by atoms with Gasteiger partial charge in [0.2, 0.25) is 5.91 Å². The lowest BCUT2D eigenvalue weighted by Crippen LogP contribution is -2.47. The molecule has 4 nitrogen and oxygen atoms in total. The van der Waals surface area contributed by atoms with E-state index in [4.69, 9.17) is 0 Å². The predicted octanol–water partition coefficient (Wildman–Crippen LogP) is 1.57. The van der Waals surface area contributed by atoms with Gasteiger partial charge in [0.15, 0.2) is 0 Å². The first-order valence-electron chi connectivity index (χ1n) is 6.74. The molecule has 1 amide bonds. The van der Waals surface area contributed by atoms with Gasteiger partial charge in [-0.15, -0.1) is 11.8 Å². The summed E-state index contributed by atoms with van der Waals surface area (Å²) in [5.74, 6) is 1.44. The molecule has 1 aliphatic rings. The Bertz CT molecular complexity index is 399. The number of rotatable bonds is 5. The van der Waals surface area contributed by atoms with Gasteiger partial charge in [0, 0.05) is 24.0 Å². The van der Waals surface area contributed by atoms with E-state index >= 15 is 0 Å². The van der Waals surface area contributed by atoms with Crippen LogP contribution >= 0.6 is 11.8 Å². The maximum Gasteiger partial charge on any atom is 0.230 e. The highest BCUT2D eigenvalue weighted by Crippen LogP contribution is 2.11. The summed E-state index contributed by atoms with van der Waals surface area (Å²) in [5, 5.41) is 6.50. The normalized spacial score (nSPS) is 23.0. The SMILES string of the molecule is CC1CC(NC(=O)CSCc2ccccn2)CCN1. The molecule has 104 valence electrons. The lowest BCUT2D eigenvalue weighted by molar-refractivity contribution is -0.119. The van der Waals surface area contributed by atoms with Crippen LogP contribution in [0.4, 0.5) is 0 Å². The van der Waals surface area contributed by atoms with Crippen molar-refractivity contribution >= 4 is 17.7 Å². The van der Waals surface area contributed by atoms with E-state index in [0.717, 1.165) is 30.8 Å². The van der Waals surface area contributed by atoms with Gasteiger partial charge in [-0.25, -0.2) is 0 Å². The Morgan fingerprint density at radius 1 is 1.58 bits per heavy atom. The fourth-order valence-corrected chi connectivity index (χ4v) is 3.01. The van der Waals surface area contributed by atoms with E-state index in [9.17, 15) is 4.79 Å². The van der Waals surface area contributed by atoms with Crippen molar-refractivity contribution in [3.8, 4) is 0 Å².